The van der Waals surface area contributed by atoms with Crippen LogP contribution in [0.1, 0.15) is 94.4 Å². The number of carbonyl (C=O) groups excluding carboxylic acids is 1. The standard InChI is InChI=1S/C27H41N3O2/c1-19(2)27(11-7-24(16-27)29-23-9-13-32-14-10-23)26(31)30-12-8-25-22(18-30)15-21(17-28-25)20-5-3-4-6-20/h15,17,19-20,23-24,29H,3-14,16,18H2,1-2H3/t24-,27+/m1/s1. The van der Waals surface area contributed by atoms with E-state index in [2.05, 4.69) is 36.3 Å². The predicted octanol–water partition coefficient (Wildman–Crippen LogP) is 4.59. The van der Waals surface area contributed by atoms with Crippen LogP contribution in [-0.2, 0) is 22.5 Å². The molecule has 5 heteroatoms. The maximum absolute atomic E-state index is 14.0. The number of amides is 1. The molecule has 2 saturated carbocycles. The molecule has 2 aliphatic heterocycles. The minimum atomic E-state index is -0.225. The number of hydrogen-bond donors (Lipinski definition) is 1. The highest BCUT2D eigenvalue weighted by Gasteiger charge is 2.49. The lowest BCUT2D eigenvalue weighted by molar-refractivity contribution is -0.146. The van der Waals surface area contributed by atoms with E-state index in [4.69, 9.17) is 9.72 Å². The molecule has 176 valence electrons. The molecule has 0 bridgehead atoms. The fourth-order valence-electron chi connectivity index (χ4n) is 6.80. The summed E-state index contributed by atoms with van der Waals surface area (Å²) in [6.45, 7) is 7.80. The number of ether oxygens (including phenoxy) is 1. The fraction of sp³-hybridized carbons (Fsp3) is 0.778. The first kappa shape index (κ1) is 22.3. The van der Waals surface area contributed by atoms with Crippen LogP contribution < -0.4 is 5.32 Å². The van der Waals surface area contributed by atoms with Gasteiger partial charge in [-0.15, -0.1) is 0 Å². The Balaban J connectivity index is 1.28. The summed E-state index contributed by atoms with van der Waals surface area (Å²) in [6, 6.07) is 3.38. The van der Waals surface area contributed by atoms with E-state index in [-0.39, 0.29) is 5.41 Å². The highest BCUT2D eigenvalue weighted by molar-refractivity contribution is 5.83. The summed E-state index contributed by atoms with van der Waals surface area (Å²) < 4.78 is 5.52. The highest BCUT2D eigenvalue weighted by atomic mass is 16.5. The number of fused-ring (bicyclic) bond motifs is 1. The summed E-state index contributed by atoms with van der Waals surface area (Å²) in [6.07, 6.45) is 13.6. The molecule has 1 saturated heterocycles. The van der Waals surface area contributed by atoms with E-state index in [1.165, 1.54) is 42.5 Å². The zero-order chi connectivity index (χ0) is 22.1. The summed E-state index contributed by atoms with van der Waals surface area (Å²) >= 11 is 0. The van der Waals surface area contributed by atoms with Crippen molar-refractivity contribution in [3.8, 4) is 0 Å². The van der Waals surface area contributed by atoms with Crippen LogP contribution >= 0.6 is 0 Å². The number of nitrogens with one attached hydrogen (secondary N) is 1. The topological polar surface area (TPSA) is 54.5 Å². The van der Waals surface area contributed by atoms with E-state index >= 15 is 0 Å². The van der Waals surface area contributed by atoms with E-state index in [0.717, 1.165) is 64.8 Å². The smallest absolute Gasteiger partial charge is 0.229 e. The molecule has 3 fully saturated rings. The van der Waals surface area contributed by atoms with Gasteiger partial charge in [-0.3, -0.25) is 9.78 Å². The van der Waals surface area contributed by atoms with Crippen LogP contribution in [-0.4, -0.2) is 47.6 Å². The van der Waals surface area contributed by atoms with Gasteiger partial charge in [0.15, 0.2) is 0 Å². The molecule has 2 aliphatic carbocycles. The second kappa shape index (κ2) is 9.42. The SMILES string of the molecule is CC(C)[C@]1(C(=O)N2CCc3ncc(C4CCCC4)cc3C2)CC[C@@H](NC2CCOCC2)C1. The number of nitrogens with zero attached hydrogens (tertiary/aromatic N) is 2. The summed E-state index contributed by atoms with van der Waals surface area (Å²) in [7, 11) is 0. The van der Waals surface area contributed by atoms with Crippen molar-refractivity contribution in [2.45, 2.75) is 103 Å². The van der Waals surface area contributed by atoms with Crippen LogP contribution in [0, 0.1) is 11.3 Å². The van der Waals surface area contributed by atoms with Crippen molar-refractivity contribution >= 4 is 5.91 Å². The van der Waals surface area contributed by atoms with Crippen LogP contribution in [0.5, 0.6) is 0 Å². The van der Waals surface area contributed by atoms with E-state index in [1.807, 2.05) is 0 Å². The van der Waals surface area contributed by atoms with Gasteiger partial charge in [0.1, 0.15) is 0 Å². The van der Waals surface area contributed by atoms with Gasteiger partial charge in [0.25, 0.3) is 0 Å². The zero-order valence-electron chi connectivity index (χ0n) is 20.1. The molecule has 1 amide bonds. The number of hydrogen-bond acceptors (Lipinski definition) is 4. The van der Waals surface area contributed by atoms with E-state index in [1.54, 1.807) is 0 Å². The quantitative estimate of drug-likeness (QED) is 0.729. The summed E-state index contributed by atoms with van der Waals surface area (Å²) in [5, 5.41) is 3.88. The Hall–Kier alpha value is -1.46. The maximum Gasteiger partial charge on any atom is 0.229 e. The van der Waals surface area contributed by atoms with Crippen molar-refractivity contribution in [1.82, 2.24) is 15.2 Å². The maximum atomic E-state index is 14.0. The lowest BCUT2D eigenvalue weighted by Gasteiger charge is -2.40. The van der Waals surface area contributed by atoms with Gasteiger partial charge in [-0.2, -0.15) is 0 Å². The molecule has 1 aromatic rings. The van der Waals surface area contributed by atoms with E-state index in [9.17, 15) is 4.79 Å². The molecule has 32 heavy (non-hydrogen) atoms. The summed E-state index contributed by atoms with van der Waals surface area (Å²) in [5.41, 5.74) is 3.68. The second-order valence-corrected chi connectivity index (χ2v) is 11.1. The van der Waals surface area contributed by atoms with Crippen LogP contribution in [0.2, 0.25) is 0 Å². The Labute approximate surface area is 193 Å². The van der Waals surface area contributed by atoms with Gasteiger partial charge < -0.3 is 15.0 Å². The normalized spacial score (nSPS) is 29.6. The number of carbonyl (C=O) groups is 1. The molecule has 0 unspecified atom stereocenters. The lowest BCUT2D eigenvalue weighted by Crippen LogP contribution is -2.49. The number of rotatable bonds is 5. The Bertz CT molecular complexity index is 813. The molecule has 1 N–H and O–H groups in total. The van der Waals surface area contributed by atoms with Crippen molar-refractivity contribution < 1.29 is 9.53 Å². The van der Waals surface area contributed by atoms with Crippen molar-refractivity contribution in [3.63, 3.8) is 0 Å². The van der Waals surface area contributed by atoms with Crippen molar-refractivity contribution in [1.29, 1.82) is 0 Å². The molecule has 1 aromatic heterocycles. The average molecular weight is 440 g/mol. The third kappa shape index (κ3) is 4.35. The van der Waals surface area contributed by atoms with Crippen molar-refractivity contribution in [2.24, 2.45) is 11.3 Å². The van der Waals surface area contributed by atoms with Crippen molar-refractivity contribution in [3.05, 3.63) is 29.1 Å². The number of pyridine rings is 1. The molecule has 2 atom stereocenters. The summed E-state index contributed by atoms with van der Waals surface area (Å²) in [4.78, 5) is 21.0. The first-order valence-electron chi connectivity index (χ1n) is 13.2. The number of aromatic nitrogens is 1. The van der Waals surface area contributed by atoms with Crippen LogP contribution in [0.3, 0.4) is 0 Å². The minimum Gasteiger partial charge on any atom is -0.381 e. The second-order valence-electron chi connectivity index (χ2n) is 11.1. The molecule has 5 nitrogen and oxygen atoms in total. The highest BCUT2D eigenvalue weighted by Crippen LogP contribution is 2.47. The molecule has 0 aromatic carbocycles. The van der Waals surface area contributed by atoms with Gasteiger partial charge in [0.05, 0.1) is 5.41 Å². The van der Waals surface area contributed by atoms with Crippen LogP contribution in [0.15, 0.2) is 12.3 Å². The lowest BCUT2D eigenvalue weighted by atomic mass is 9.74. The molecular weight excluding hydrogens is 398 g/mol. The first-order valence-corrected chi connectivity index (χ1v) is 13.2. The third-order valence-corrected chi connectivity index (χ3v) is 8.95. The molecule has 4 aliphatic rings. The van der Waals surface area contributed by atoms with E-state index < -0.39 is 0 Å². The molecule has 0 spiro atoms. The Kier molecular flexibility index (Phi) is 6.58. The Morgan fingerprint density at radius 3 is 2.69 bits per heavy atom. The Morgan fingerprint density at radius 1 is 1.16 bits per heavy atom. The monoisotopic (exact) mass is 439 g/mol. The summed E-state index contributed by atoms with van der Waals surface area (Å²) in [5.74, 6) is 1.43. The van der Waals surface area contributed by atoms with Gasteiger partial charge in [0.2, 0.25) is 5.91 Å². The zero-order valence-corrected chi connectivity index (χ0v) is 20.1. The van der Waals surface area contributed by atoms with Gasteiger partial charge >= 0.3 is 0 Å². The molecule has 3 heterocycles. The molecule has 0 radical (unpaired) electrons. The van der Waals surface area contributed by atoms with Gasteiger partial charge in [-0.25, -0.2) is 0 Å². The molecular formula is C27H41N3O2. The Morgan fingerprint density at radius 2 is 1.94 bits per heavy atom. The van der Waals surface area contributed by atoms with Gasteiger partial charge in [-0.05, 0) is 67.9 Å². The van der Waals surface area contributed by atoms with Crippen molar-refractivity contribution in [2.75, 3.05) is 19.8 Å². The van der Waals surface area contributed by atoms with Gasteiger partial charge in [0, 0.05) is 56.7 Å². The van der Waals surface area contributed by atoms with E-state index in [0.29, 0.717) is 29.8 Å². The molecule has 5 rings (SSSR count). The van der Waals surface area contributed by atoms with Crippen LogP contribution in [0.25, 0.3) is 0 Å². The predicted molar refractivity (Wildman–Crippen MR) is 126 cm³/mol. The average Bonchev–Trinajstić information content (AvgIpc) is 3.50. The first-order chi connectivity index (χ1) is 15.5. The minimum absolute atomic E-state index is 0.225. The van der Waals surface area contributed by atoms with Gasteiger partial charge in [-0.1, -0.05) is 32.8 Å². The third-order valence-electron chi connectivity index (χ3n) is 8.95. The largest absolute Gasteiger partial charge is 0.381 e. The van der Waals surface area contributed by atoms with Crippen LogP contribution in [0.4, 0.5) is 0 Å². The fourth-order valence-corrected chi connectivity index (χ4v) is 6.80.